The highest BCUT2D eigenvalue weighted by atomic mass is 32.1. The minimum atomic E-state index is 0.861. The zero-order chi connectivity index (χ0) is 15.2. The van der Waals surface area contributed by atoms with Crippen LogP contribution >= 0.6 is 12.2 Å². The monoisotopic (exact) mass is 303 g/mol. The van der Waals surface area contributed by atoms with Crippen molar-refractivity contribution in [2.75, 3.05) is 0 Å². The summed E-state index contributed by atoms with van der Waals surface area (Å²) in [7, 11) is 0. The van der Waals surface area contributed by atoms with Gasteiger partial charge >= 0.3 is 0 Å². The van der Waals surface area contributed by atoms with Gasteiger partial charge in [0.2, 0.25) is 0 Å². The van der Waals surface area contributed by atoms with Crippen molar-refractivity contribution in [3.05, 3.63) is 78.4 Å². The third-order valence-corrected chi connectivity index (χ3v) is 3.93. The van der Waals surface area contributed by atoms with Crippen LogP contribution in [0, 0.1) is 0 Å². The van der Waals surface area contributed by atoms with E-state index in [1.165, 1.54) is 16.3 Å². The molecule has 1 nitrogen and oxygen atoms in total. The number of nitrogens with zero attached hydrogens (tertiary/aromatic N) is 1. The molecule has 0 heterocycles. The molecular weight excluding hydrogens is 286 g/mol. The van der Waals surface area contributed by atoms with Gasteiger partial charge in [-0.05, 0) is 41.3 Å². The first-order valence-corrected chi connectivity index (χ1v) is 7.88. The Morgan fingerprint density at radius 3 is 2.36 bits per heavy atom. The first-order chi connectivity index (χ1) is 10.8. The lowest BCUT2D eigenvalue weighted by Crippen LogP contribution is -2.00. The first kappa shape index (κ1) is 14.6. The molecule has 0 radical (unpaired) electrons. The Kier molecular flexibility index (Phi) is 4.71. The minimum Gasteiger partial charge on any atom is -0.253 e. The summed E-state index contributed by atoms with van der Waals surface area (Å²) in [6.07, 6.45) is 1.82. The van der Waals surface area contributed by atoms with Gasteiger partial charge in [-0.15, -0.1) is 0 Å². The summed E-state index contributed by atoms with van der Waals surface area (Å²) in [5.41, 5.74) is 3.22. The normalized spacial score (nSPS) is 11.5. The fourth-order valence-electron chi connectivity index (χ4n) is 2.47. The van der Waals surface area contributed by atoms with Crippen molar-refractivity contribution < 1.29 is 0 Å². The van der Waals surface area contributed by atoms with Crippen molar-refractivity contribution in [2.24, 2.45) is 4.99 Å². The van der Waals surface area contributed by atoms with Crippen molar-refractivity contribution in [1.82, 2.24) is 0 Å². The predicted octanol–water partition coefficient (Wildman–Crippen LogP) is 5.54. The fourth-order valence-corrected chi connectivity index (χ4v) is 2.64. The Balaban J connectivity index is 1.79. The average molecular weight is 303 g/mol. The number of rotatable bonds is 5. The lowest BCUT2D eigenvalue weighted by atomic mass is 10.1. The summed E-state index contributed by atoms with van der Waals surface area (Å²) in [6, 6.07) is 25.0. The number of benzene rings is 3. The molecular formula is C20H17NS. The van der Waals surface area contributed by atoms with Gasteiger partial charge in [0.05, 0.1) is 11.4 Å². The minimum absolute atomic E-state index is 0.861. The summed E-state index contributed by atoms with van der Waals surface area (Å²) < 4.78 is 0. The first-order valence-electron chi connectivity index (χ1n) is 7.40. The van der Waals surface area contributed by atoms with E-state index in [0.717, 1.165) is 24.2 Å². The Morgan fingerprint density at radius 2 is 1.59 bits per heavy atom. The third-order valence-electron chi connectivity index (χ3n) is 3.65. The van der Waals surface area contributed by atoms with E-state index in [1.807, 2.05) is 24.3 Å². The van der Waals surface area contributed by atoms with E-state index in [2.05, 4.69) is 48.5 Å². The van der Waals surface area contributed by atoms with Crippen LogP contribution in [-0.4, -0.2) is 11.1 Å². The number of aliphatic imine (C=N–C) groups is 1. The van der Waals surface area contributed by atoms with E-state index in [-0.39, 0.29) is 0 Å². The quantitative estimate of drug-likeness (QED) is 0.445. The van der Waals surface area contributed by atoms with Gasteiger partial charge in [-0.3, -0.25) is 4.99 Å². The van der Waals surface area contributed by atoms with Crippen LogP contribution in [0.4, 0.5) is 5.69 Å². The van der Waals surface area contributed by atoms with Crippen LogP contribution in [0.25, 0.3) is 10.8 Å². The van der Waals surface area contributed by atoms with Gasteiger partial charge in [0.1, 0.15) is 0 Å². The van der Waals surface area contributed by atoms with E-state index >= 15 is 0 Å². The van der Waals surface area contributed by atoms with Gasteiger partial charge < -0.3 is 0 Å². The Morgan fingerprint density at radius 1 is 0.864 bits per heavy atom. The molecule has 0 bridgehead atoms. The summed E-state index contributed by atoms with van der Waals surface area (Å²) in [5, 5.41) is 4.13. The maximum absolute atomic E-state index is 5.13. The molecule has 0 spiro atoms. The maximum Gasteiger partial charge on any atom is 0.0639 e. The number of fused-ring (bicyclic) bond motifs is 1. The summed E-state index contributed by atoms with van der Waals surface area (Å²) in [4.78, 5) is 4.70. The molecule has 3 rings (SSSR count). The van der Waals surface area contributed by atoms with Crippen LogP contribution in [0.2, 0.25) is 0 Å². The fraction of sp³-hybridized carbons (Fsp3) is 0.100. The van der Waals surface area contributed by atoms with E-state index in [0.29, 0.717) is 0 Å². The van der Waals surface area contributed by atoms with E-state index in [9.17, 15) is 0 Å². The Bertz CT molecular complexity index is 806. The van der Waals surface area contributed by atoms with Gasteiger partial charge in [0.15, 0.2) is 0 Å². The molecule has 0 aromatic heterocycles. The smallest absolute Gasteiger partial charge is 0.0639 e. The van der Waals surface area contributed by atoms with Crippen LogP contribution in [0.3, 0.4) is 0 Å². The van der Waals surface area contributed by atoms with Crippen molar-refractivity contribution >= 4 is 39.8 Å². The number of hydrogen-bond donors (Lipinski definition) is 0. The van der Waals surface area contributed by atoms with Crippen molar-refractivity contribution in [3.63, 3.8) is 0 Å². The molecule has 0 amide bonds. The molecule has 0 atom stereocenters. The van der Waals surface area contributed by atoms with Crippen molar-refractivity contribution in [1.29, 1.82) is 0 Å². The van der Waals surface area contributed by atoms with Crippen LogP contribution < -0.4 is 0 Å². The topological polar surface area (TPSA) is 12.4 Å². The van der Waals surface area contributed by atoms with Gasteiger partial charge in [-0.1, -0.05) is 72.9 Å². The SMILES string of the molecule is S=CC(CCc1ccccc1)=Nc1ccc2ccccc2c1. The molecule has 2 heteroatoms. The lowest BCUT2D eigenvalue weighted by molar-refractivity contribution is 1.05. The summed E-state index contributed by atoms with van der Waals surface area (Å²) in [5.74, 6) is 0. The highest BCUT2D eigenvalue weighted by molar-refractivity contribution is 7.80. The number of aryl methyl sites for hydroxylation is 1. The second-order valence-electron chi connectivity index (χ2n) is 5.24. The van der Waals surface area contributed by atoms with Crippen LogP contribution in [0.15, 0.2) is 77.8 Å². The van der Waals surface area contributed by atoms with Gasteiger partial charge in [0, 0.05) is 5.37 Å². The van der Waals surface area contributed by atoms with Crippen LogP contribution in [0.1, 0.15) is 12.0 Å². The molecule has 0 aliphatic carbocycles. The molecule has 0 N–H and O–H groups in total. The molecule has 0 aliphatic rings. The highest BCUT2D eigenvalue weighted by Gasteiger charge is 2.00. The zero-order valence-corrected chi connectivity index (χ0v) is 13.1. The Labute approximate surface area is 136 Å². The lowest BCUT2D eigenvalue weighted by Gasteiger charge is -2.03. The molecule has 108 valence electrons. The van der Waals surface area contributed by atoms with Crippen molar-refractivity contribution in [3.8, 4) is 0 Å². The van der Waals surface area contributed by atoms with Crippen LogP contribution in [0.5, 0.6) is 0 Å². The van der Waals surface area contributed by atoms with Crippen molar-refractivity contribution in [2.45, 2.75) is 12.8 Å². The molecule has 0 fully saturated rings. The van der Waals surface area contributed by atoms with E-state index in [4.69, 9.17) is 17.2 Å². The van der Waals surface area contributed by atoms with Crippen LogP contribution in [-0.2, 0) is 6.42 Å². The van der Waals surface area contributed by atoms with Gasteiger partial charge in [-0.2, -0.15) is 0 Å². The third kappa shape index (κ3) is 3.66. The average Bonchev–Trinajstić information content (AvgIpc) is 2.59. The molecule has 3 aromatic rings. The van der Waals surface area contributed by atoms with E-state index < -0.39 is 0 Å². The van der Waals surface area contributed by atoms with Gasteiger partial charge in [0.25, 0.3) is 0 Å². The zero-order valence-electron chi connectivity index (χ0n) is 12.3. The molecule has 0 aliphatic heterocycles. The Hall–Kier alpha value is -2.32. The standard InChI is InChI=1S/C20H17NS/c22-15-20(12-10-16-6-2-1-3-7-16)21-19-13-11-17-8-4-5-9-18(17)14-19/h1-9,11,13-15H,10,12H2. The number of thiocarbonyl (C=S) groups is 1. The molecule has 22 heavy (non-hydrogen) atoms. The second kappa shape index (κ2) is 7.10. The summed E-state index contributed by atoms with van der Waals surface area (Å²) >= 11 is 5.13. The molecule has 0 saturated heterocycles. The van der Waals surface area contributed by atoms with Gasteiger partial charge in [-0.25, -0.2) is 0 Å². The highest BCUT2D eigenvalue weighted by Crippen LogP contribution is 2.21. The number of hydrogen-bond acceptors (Lipinski definition) is 2. The predicted molar refractivity (Wildman–Crippen MR) is 99.5 cm³/mol. The molecule has 0 unspecified atom stereocenters. The second-order valence-corrected chi connectivity index (χ2v) is 5.47. The summed E-state index contributed by atoms with van der Waals surface area (Å²) in [6.45, 7) is 0. The molecule has 0 saturated carbocycles. The molecule has 3 aromatic carbocycles. The maximum atomic E-state index is 5.13. The largest absolute Gasteiger partial charge is 0.253 e. The van der Waals surface area contributed by atoms with E-state index in [1.54, 1.807) is 5.37 Å².